The Morgan fingerprint density at radius 1 is 0.978 bits per heavy atom. The molecule has 46 heavy (non-hydrogen) atoms. The number of aromatic nitrogens is 6. The molecule has 11 heteroatoms. The molecule has 0 aliphatic carbocycles. The highest BCUT2D eigenvalue weighted by atomic mass is 19.1. The van der Waals surface area contributed by atoms with E-state index in [-0.39, 0.29) is 12.3 Å². The lowest BCUT2D eigenvalue weighted by molar-refractivity contribution is -0.0365. The zero-order valence-electron chi connectivity index (χ0n) is 25.0. The molecular formula is C35H31FN8O2. The molecule has 3 aromatic carbocycles. The molecule has 1 unspecified atom stereocenters. The van der Waals surface area contributed by atoms with Crippen molar-refractivity contribution in [1.29, 1.82) is 0 Å². The number of para-hydroxylation sites is 1. The molecule has 2 aliphatic rings. The monoisotopic (exact) mass is 614 g/mol. The molecule has 1 N–H and O–H groups in total. The zero-order chi connectivity index (χ0) is 31.0. The molecule has 0 radical (unpaired) electrons. The molecule has 6 aromatic rings. The molecule has 5 heterocycles. The van der Waals surface area contributed by atoms with E-state index in [9.17, 15) is 9.18 Å². The lowest BCUT2D eigenvalue weighted by Gasteiger charge is -2.29. The van der Waals surface area contributed by atoms with Crippen LogP contribution in [-0.4, -0.2) is 53.8 Å². The van der Waals surface area contributed by atoms with Gasteiger partial charge in [-0.2, -0.15) is 9.49 Å². The van der Waals surface area contributed by atoms with Gasteiger partial charge in [0, 0.05) is 42.5 Å². The number of pyridine rings is 1. The van der Waals surface area contributed by atoms with Crippen LogP contribution in [0.1, 0.15) is 36.6 Å². The van der Waals surface area contributed by atoms with Crippen LogP contribution >= 0.6 is 0 Å². The number of urea groups is 1. The van der Waals surface area contributed by atoms with Crippen molar-refractivity contribution in [2.45, 2.75) is 38.5 Å². The Morgan fingerprint density at radius 2 is 1.89 bits per heavy atom. The summed E-state index contributed by atoms with van der Waals surface area (Å²) < 4.78 is 24.4. The average Bonchev–Trinajstić information content (AvgIpc) is 3.74. The van der Waals surface area contributed by atoms with Crippen LogP contribution in [0, 0.1) is 5.95 Å². The van der Waals surface area contributed by atoms with E-state index in [0.29, 0.717) is 42.2 Å². The zero-order valence-corrected chi connectivity index (χ0v) is 25.0. The summed E-state index contributed by atoms with van der Waals surface area (Å²) in [6.07, 6.45) is 6.82. The number of benzene rings is 3. The van der Waals surface area contributed by atoms with Crippen LogP contribution in [0.3, 0.4) is 0 Å². The van der Waals surface area contributed by atoms with Crippen molar-refractivity contribution in [3.63, 3.8) is 0 Å². The lowest BCUT2D eigenvalue weighted by atomic mass is 9.99. The molecule has 0 saturated carbocycles. The maximum absolute atomic E-state index is 14.7. The maximum atomic E-state index is 14.7. The fourth-order valence-electron chi connectivity index (χ4n) is 6.32. The summed E-state index contributed by atoms with van der Waals surface area (Å²) in [7, 11) is 0. The van der Waals surface area contributed by atoms with Crippen LogP contribution in [0.25, 0.3) is 39.1 Å². The van der Waals surface area contributed by atoms with Gasteiger partial charge in [0.25, 0.3) is 0 Å². The van der Waals surface area contributed by atoms with Crippen molar-refractivity contribution in [1.82, 2.24) is 34.7 Å². The summed E-state index contributed by atoms with van der Waals surface area (Å²) in [4.78, 5) is 18.7. The topological polar surface area (TPSA) is 103 Å². The van der Waals surface area contributed by atoms with E-state index in [1.54, 1.807) is 16.8 Å². The summed E-state index contributed by atoms with van der Waals surface area (Å²) in [6, 6.07) is 24.8. The quantitative estimate of drug-likeness (QED) is 0.215. The second-order valence-electron chi connectivity index (χ2n) is 11.7. The Balaban J connectivity index is 1.12. The van der Waals surface area contributed by atoms with E-state index in [1.807, 2.05) is 70.4 Å². The highest BCUT2D eigenvalue weighted by molar-refractivity contribution is 5.95. The number of carbonyl (C=O) groups excluding carboxylic acids is 1. The van der Waals surface area contributed by atoms with Gasteiger partial charge >= 0.3 is 6.03 Å². The van der Waals surface area contributed by atoms with Crippen LogP contribution in [0.15, 0.2) is 91.3 Å². The average molecular weight is 615 g/mol. The standard InChI is InChI=1S/C35H31FN8O2/c36-34-28(9-6-16-37-34)24-12-14-31-29(20-24)33(40-44(31)32-10-4-5-18-46-32)30-22-43(41-39-30)27-13-11-23-15-17-42(21-25(23)19-27)35(45)38-26-7-2-1-3-8-26/h1-3,6-9,11-14,16,19-20,22,32H,4-5,10,15,17-18,21H2,(H,38,45). The molecule has 8 rings (SSSR count). The van der Waals surface area contributed by atoms with Crippen molar-refractivity contribution in [2.75, 3.05) is 18.5 Å². The van der Waals surface area contributed by atoms with Gasteiger partial charge in [-0.15, -0.1) is 5.10 Å². The van der Waals surface area contributed by atoms with Gasteiger partial charge in [-0.1, -0.05) is 35.5 Å². The van der Waals surface area contributed by atoms with Gasteiger partial charge in [0.2, 0.25) is 5.95 Å². The van der Waals surface area contributed by atoms with E-state index in [0.717, 1.165) is 53.5 Å². The summed E-state index contributed by atoms with van der Waals surface area (Å²) in [6.45, 7) is 1.82. The Bertz CT molecular complexity index is 2050. The molecule has 2 amide bonds. The number of hydrogen-bond acceptors (Lipinski definition) is 6. The van der Waals surface area contributed by atoms with Gasteiger partial charge in [-0.05, 0) is 90.9 Å². The number of halogens is 1. The molecule has 3 aromatic heterocycles. The van der Waals surface area contributed by atoms with E-state index in [1.165, 1.54) is 11.8 Å². The van der Waals surface area contributed by atoms with Gasteiger partial charge in [0.15, 0.2) is 6.23 Å². The van der Waals surface area contributed by atoms with E-state index < -0.39 is 5.95 Å². The van der Waals surface area contributed by atoms with E-state index in [4.69, 9.17) is 9.84 Å². The normalized spacial score (nSPS) is 16.4. The van der Waals surface area contributed by atoms with Crippen LogP contribution in [0.2, 0.25) is 0 Å². The number of amides is 2. The SMILES string of the molecule is O=C(Nc1ccccc1)N1CCc2ccc(-n3cc(-c4nn(C5CCCCO5)c5ccc(-c6cccnc6F)cc45)nn3)cc2C1. The Morgan fingerprint density at radius 3 is 2.74 bits per heavy atom. The number of nitrogens with zero attached hydrogens (tertiary/aromatic N) is 7. The number of rotatable bonds is 5. The molecule has 230 valence electrons. The first-order valence-electron chi connectivity index (χ1n) is 15.5. The minimum Gasteiger partial charge on any atom is -0.356 e. The fourth-order valence-corrected chi connectivity index (χ4v) is 6.32. The first-order valence-corrected chi connectivity index (χ1v) is 15.5. The van der Waals surface area contributed by atoms with Gasteiger partial charge < -0.3 is 15.0 Å². The molecule has 0 spiro atoms. The number of anilines is 1. The highest BCUT2D eigenvalue weighted by Crippen LogP contribution is 2.35. The minimum atomic E-state index is -0.527. The summed E-state index contributed by atoms with van der Waals surface area (Å²) in [5.41, 5.74) is 7.11. The summed E-state index contributed by atoms with van der Waals surface area (Å²) >= 11 is 0. The Kier molecular flexibility index (Phi) is 7.22. The molecule has 10 nitrogen and oxygen atoms in total. The second-order valence-corrected chi connectivity index (χ2v) is 11.7. The van der Waals surface area contributed by atoms with Gasteiger partial charge in [0.05, 0.1) is 17.4 Å². The molecule has 1 saturated heterocycles. The van der Waals surface area contributed by atoms with Crippen molar-refractivity contribution in [3.8, 4) is 28.2 Å². The van der Waals surface area contributed by atoms with E-state index >= 15 is 0 Å². The Labute approximate surface area is 264 Å². The Hall–Kier alpha value is -5.42. The predicted octanol–water partition coefficient (Wildman–Crippen LogP) is 6.77. The summed E-state index contributed by atoms with van der Waals surface area (Å²) in [5.74, 6) is -0.527. The molecule has 2 aliphatic heterocycles. The van der Waals surface area contributed by atoms with Gasteiger partial charge in [-0.3, -0.25) is 0 Å². The number of hydrogen-bond donors (Lipinski definition) is 1. The smallest absolute Gasteiger partial charge is 0.322 e. The maximum Gasteiger partial charge on any atom is 0.322 e. The van der Waals surface area contributed by atoms with Gasteiger partial charge in [0.1, 0.15) is 11.4 Å². The molecule has 1 atom stereocenters. The van der Waals surface area contributed by atoms with E-state index in [2.05, 4.69) is 32.7 Å². The van der Waals surface area contributed by atoms with Gasteiger partial charge in [-0.25, -0.2) is 19.1 Å². The first kappa shape index (κ1) is 28.1. The summed E-state index contributed by atoms with van der Waals surface area (Å²) in [5, 5.41) is 17.8. The second kappa shape index (κ2) is 11.8. The predicted molar refractivity (Wildman–Crippen MR) is 172 cm³/mol. The largest absolute Gasteiger partial charge is 0.356 e. The molecule has 0 bridgehead atoms. The van der Waals surface area contributed by atoms with Crippen LogP contribution < -0.4 is 5.32 Å². The third kappa shape index (κ3) is 5.28. The number of fused-ring (bicyclic) bond motifs is 2. The van der Waals surface area contributed by atoms with Crippen molar-refractivity contribution >= 4 is 22.6 Å². The highest BCUT2D eigenvalue weighted by Gasteiger charge is 2.25. The fraction of sp³-hybridized carbons (Fsp3) is 0.229. The first-order chi connectivity index (χ1) is 22.6. The van der Waals surface area contributed by atoms with Crippen molar-refractivity contribution in [3.05, 3.63) is 108 Å². The third-order valence-corrected chi connectivity index (χ3v) is 8.72. The third-order valence-electron chi connectivity index (χ3n) is 8.72. The van der Waals surface area contributed by atoms with Crippen LogP contribution in [0.4, 0.5) is 14.9 Å². The molecule has 1 fully saturated rings. The number of carbonyl (C=O) groups is 1. The van der Waals surface area contributed by atoms with Crippen LogP contribution in [0.5, 0.6) is 0 Å². The number of ether oxygens (including phenoxy) is 1. The molecular weight excluding hydrogens is 583 g/mol. The minimum absolute atomic E-state index is 0.125. The van der Waals surface area contributed by atoms with Crippen molar-refractivity contribution < 1.29 is 13.9 Å². The lowest BCUT2D eigenvalue weighted by Crippen LogP contribution is -2.38. The number of nitrogens with one attached hydrogen (secondary N) is 1. The van der Waals surface area contributed by atoms with Crippen LogP contribution in [-0.2, 0) is 17.7 Å². The van der Waals surface area contributed by atoms with Crippen molar-refractivity contribution in [2.24, 2.45) is 0 Å².